The molecule has 142 valence electrons. The van der Waals surface area contributed by atoms with Crippen molar-refractivity contribution >= 4 is 46.9 Å². The largest absolute Gasteiger partial charge is 0.377 e. The number of amides is 1. The lowest BCUT2D eigenvalue weighted by Crippen LogP contribution is -2.20. The fraction of sp³-hybridized carbons (Fsp3) is 0.222. The summed E-state index contributed by atoms with van der Waals surface area (Å²) >= 11 is 7.50. The topological polar surface area (TPSA) is 87.8 Å². The first kappa shape index (κ1) is 20.7. The summed E-state index contributed by atoms with van der Waals surface area (Å²) in [7, 11) is 3.64. The number of rotatable bonds is 8. The van der Waals surface area contributed by atoms with Crippen LogP contribution in [0.15, 0.2) is 47.6 Å². The lowest BCUT2D eigenvalue weighted by molar-refractivity contribution is -0.384. The number of anilines is 1. The highest BCUT2D eigenvalue weighted by atomic mass is 35.5. The number of hydrogen-bond acceptors (Lipinski definition) is 6. The van der Waals surface area contributed by atoms with Crippen molar-refractivity contribution in [3.8, 4) is 0 Å². The van der Waals surface area contributed by atoms with Gasteiger partial charge in [-0.05, 0) is 17.7 Å². The van der Waals surface area contributed by atoms with Gasteiger partial charge in [0, 0.05) is 48.3 Å². The molecule has 0 aromatic heterocycles. The van der Waals surface area contributed by atoms with Gasteiger partial charge in [-0.1, -0.05) is 29.8 Å². The van der Waals surface area contributed by atoms with Gasteiger partial charge in [0.25, 0.3) is 5.69 Å². The minimum Gasteiger partial charge on any atom is -0.377 e. The number of nitrogens with one attached hydrogen (secondary N) is 1. The number of thioether (sulfide) groups is 1. The van der Waals surface area contributed by atoms with Gasteiger partial charge >= 0.3 is 0 Å². The van der Waals surface area contributed by atoms with E-state index in [1.54, 1.807) is 6.07 Å². The van der Waals surface area contributed by atoms with Crippen molar-refractivity contribution in [2.45, 2.75) is 5.75 Å². The number of carbonyl (C=O) groups is 1. The van der Waals surface area contributed by atoms with Crippen molar-refractivity contribution in [3.63, 3.8) is 0 Å². The summed E-state index contributed by atoms with van der Waals surface area (Å²) in [4.78, 5) is 24.2. The number of halogens is 1. The molecule has 0 aliphatic heterocycles. The minimum absolute atomic E-state index is 0.0383. The molecule has 2 aromatic carbocycles. The smallest absolute Gasteiger partial charge is 0.270 e. The molecule has 2 aromatic rings. The van der Waals surface area contributed by atoms with Crippen LogP contribution < -0.4 is 10.3 Å². The quantitative estimate of drug-likeness (QED) is 0.410. The summed E-state index contributed by atoms with van der Waals surface area (Å²) in [5.74, 6) is 0.574. The van der Waals surface area contributed by atoms with Gasteiger partial charge in [0.2, 0.25) is 5.91 Å². The third-order valence-corrected chi connectivity index (χ3v) is 4.90. The zero-order chi connectivity index (χ0) is 19.8. The lowest BCUT2D eigenvalue weighted by Gasteiger charge is -2.14. The Morgan fingerprint density at radius 3 is 2.74 bits per heavy atom. The Morgan fingerprint density at radius 2 is 2.07 bits per heavy atom. The molecule has 0 saturated carbocycles. The Balaban J connectivity index is 1.92. The molecular weight excluding hydrogens is 388 g/mol. The molecular formula is C18H19ClN4O3S. The predicted molar refractivity (Wildman–Crippen MR) is 111 cm³/mol. The highest BCUT2D eigenvalue weighted by molar-refractivity contribution is 7.99. The zero-order valence-corrected chi connectivity index (χ0v) is 16.5. The van der Waals surface area contributed by atoms with Crippen LogP contribution in [-0.4, -0.2) is 36.9 Å². The van der Waals surface area contributed by atoms with Gasteiger partial charge in [0.05, 0.1) is 16.9 Å². The van der Waals surface area contributed by atoms with Gasteiger partial charge in [-0.15, -0.1) is 11.8 Å². The number of non-ortho nitro benzene ring substituents is 1. The number of carbonyl (C=O) groups excluding carboxylic acids is 1. The van der Waals surface area contributed by atoms with Gasteiger partial charge < -0.3 is 4.90 Å². The summed E-state index contributed by atoms with van der Waals surface area (Å²) in [6.45, 7) is 0. The van der Waals surface area contributed by atoms with E-state index < -0.39 is 4.92 Å². The van der Waals surface area contributed by atoms with Crippen LogP contribution in [0.4, 0.5) is 11.4 Å². The number of benzene rings is 2. The normalized spacial score (nSPS) is 10.8. The molecule has 2 rings (SSSR count). The molecule has 0 bridgehead atoms. The fourth-order valence-corrected chi connectivity index (χ4v) is 3.35. The number of nitrogens with zero attached hydrogens (tertiary/aromatic N) is 3. The molecule has 0 fully saturated rings. The summed E-state index contributed by atoms with van der Waals surface area (Å²) < 4.78 is 0. The molecule has 0 saturated heterocycles. The maximum absolute atomic E-state index is 11.9. The van der Waals surface area contributed by atoms with E-state index >= 15 is 0 Å². The maximum Gasteiger partial charge on any atom is 0.270 e. The third-order valence-electron chi connectivity index (χ3n) is 3.55. The second-order valence-corrected chi connectivity index (χ2v) is 7.16. The SMILES string of the molecule is CN(C)c1ccc([N+](=O)[O-])cc1/C=N\NC(=O)CSCc1ccccc1Cl. The highest BCUT2D eigenvalue weighted by Gasteiger charge is 2.11. The van der Waals surface area contributed by atoms with Crippen LogP contribution in [0.5, 0.6) is 0 Å². The van der Waals surface area contributed by atoms with Crippen LogP contribution in [0.3, 0.4) is 0 Å². The molecule has 0 aliphatic rings. The van der Waals surface area contributed by atoms with E-state index in [1.165, 1.54) is 30.1 Å². The molecule has 0 heterocycles. The van der Waals surface area contributed by atoms with Crippen LogP contribution in [0.2, 0.25) is 5.02 Å². The van der Waals surface area contributed by atoms with Crippen molar-refractivity contribution in [1.29, 1.82) is 0 Å². The number of nitro benzene ring substituents is 1. The molecule has 27 heavy (non-hydrogen) atoms. The van der Waals surface area contributed by atoms with E-state index in [9.17, 15) is 14.9 Å². The fourth-order valence-electron chi connectivity index (χ4n) is 2.24. The first-order valence-electron chi connectivity index (χ1n) is 7.97. The lowest BCUT2D eigenvalue weighted by atomic mass is 10.1. The third kappa shape index (κ3) is 6.26. The van der Waals surface area contributed by atoms with Crippen molar-refractivity contribution in [3.05, 3.63) is 68.7 Å². The molecule has 7 nitrogen and oxygen atoms in total. The first-order valence-corrected chi connectivity index (χ1v) is 9.50. The summed E-state index contributed by atoms with van der Waals surface area (Å²) in [6.07, 6.45) is 1.40. The van der Waals surface area contributed by atoms with Gasteiger partial charge in [0.1, 0.15) is 0 Å². The van der Waals surface area contributed by atoms with E-state index in [-0.39, 0.29) is 17.3 Å². The van der Waals surface area contributed by atoms with Gasteiger partial charge in [-0.25, -0.2) is 5.43 Å². The minimum atomic E-state index is -0.472. The van der Waals surface area contributed by atoms with Crippen LogP contribution in [0, 0.1) is 10.1 Å². The van der Waals surface area contributed by atoms with E-state index in [0.717, 1.165) is 11.3 Å². The average Bonchev–Trinajstić information content (AvgIpc) is 2.63. The number of nitro groups is 1. The van der Waals surface area contributed by atoms with Crippen LogP contribution >= 0.6 is 23.4 Å². The van der Waals surface area contributed by atoms with E-state index in [0.29, 0.717) is 16.3 Å². The van der Waals surface area contributed by atoms with E-state index in [4.69, 9.17) is 11.6 Å². The Hall–Kier alpha value is -2.58. The summed E-state index contributed by atoms with van der Waals surface area (Å²) in [5.41, 5.74) is 4.66. The van der Waals surface area contributed by atoms with E-state index in [1.807, 2.05) is 43.3 Å². The Kier molecular flexibility index (Phi) is 7.63. The maximum atomic E-state index is 11.9. The van der Waals surface area contributed by atoms with Crippen molar-refractivity contribution in [2.24, 2.45) is 5.10 Å². The second kappa shape index (κ2) is 9.94. The van der Waals surface area contributed by atoms with Gasteiger partial charge in [-0.2, -0.15) is 5.10 Å². The first-order chi connectivity index (χ1) is 12.9. The monoisotopic (exact) mass is 406 g/mol. The van der Waals surface area contributed by atoms with Gasteiger partial charge in [0.15, 0.2) is 0 Å². The summed E-state index contributed by atoms with van der Waals surface area (Å²) in [5, 5.41) is 15.5. The van der Waals surface area contributed by atoms with Crippen LogP contribution in [0.1, 0.15) is 11.1 Å². The second-order valence-electron chi connectivity index (χ2n) is 5.77. The van der Waals surface area contributed by atoms with Crippen molar-refractivity contribution in [1.82, 2.24) is 5.43 Å². The molecule has 0 spiro atoms. The Bertz CT molecular complexity index is 858. The predicted octanol–water partition coefficient (Wildman–Crippen LogP) is 3.70. The van der Waals surface area contributed by atoms with Crippen LogP contribution in [0.25, 0.3) is 0 Å². The summed E-state index contributed by atoms with van der Waals surface area (Å²) in [6, 6.07) is 12.0. The molecule has 0 radical (unpaired) electrons. The van der Waals surface area contributed by atoms with Crippen LogP contribution in [-0.2, 0) is 10.5 Å². The molecule has 1 amide bonds. The molecule has 0 atom stereocenters. The molecule has 9 heteroatoms. The van der Waals surface area contributed by atoms with Gasteiger partial charge in [-0.3, -0.25) is 14.9 Å². The average molecular weight is 407 g/mol. The highest BCUT2D eigenvalue weighted by Crippen LogP contribution is 2.23. The molecule has 0 unspecified atom stereocenters. The molecule has 1 N–H and O–H groups in total. The van der Waals surface area contributed by atoms with Crippen molar-refractivity contribution < 1.29 is 9.72 Å². The Labute approximate surface area is 166 Å². The molecule has 0 aliphatic carbocycles. The standard InChI is InChI=1S/C18H19ClN4O3S/c1-22(2)17-8-7-15(23(25)26)9-14(17)10-20-21-18(24)12-27-11-13-5-3-4-6-16(13)19/h3-10H,11-12H2,1-2H3,(H,21,24)/b20-10-. The van der Waals surface area contributed by atoms with Crippen molar-refractivity contribution in [2.75, 3.05) is 24.7 Å². The number of hydrazone groups is 1. The number of hydrogen-bond donors (Lipinski definition) is 1. The zero-order valence-electron chi connectivity index (χ0n) is 14.9. The van der Waals surface area contributed by atoms with E-state index in [2.05, 4.69) is 10.5 Å². The Morgan fingerprint density at radius 1 is 1.33 bits per heavy atom.